The van der Waals surface area contributed by atoms with Crippen LogP contribution in [0.5, 0.6) is 5.75 Å². The Balaban J connectivity index is 1.34. The van der Waals surface area contributed by atoms with Crippen LogP contribution in [0.4, 0.5) is 0 Å². The van der Waals surface area contributed by atoms with Gasteiger partial charge in [-0.25, -0.2) is 9.67 Å². The van der Waals surface area contributed by atoms with Gasteiger partial charge in [-0.05, 0) is 37.5 Å². The molecule has 0 saturated carbocycles. The third-order valence-electron chi connectivity index (χ3n) is 6.03. The van der Waals surface area contributed by atoms with E-state index in [0.717, 1.165) is 29.8 Å². The fourth-order valence-electron chi connectivity index (χ4n) is 4.24. The van der Waals surface area contributed by atoms with Crippen molar-refractivity contribution in [3.63, 3.8) is 0 Å². The molecule has 0 atom stereocenters. The van der Waals surface area contributed by atoms with Crippen LogP contribution in [-0.4, -0.2) is 57.7 Å². The van der Waals surface area contributed by atoms with Gasteiger partial charge in [-0.3, -0.25) is 9.59 Å². The van der Waals surface area contributed by atoms with Gasteiger partial charge in [0, 0.05) is 30.9 Å². The second kappa shape index (κ2) is 10.3. The number of methoxy groups -OCH3 is 1. The zero-order chi connectivity index (χ0) is 23.2. The number of piperidine rings is 1. The van der Waals surface area contributed by atoms with E-state index < -0.39 is 0 Å². The van der Waals surface area contributed by atoms with E-state index in [0.29, 0.717) is 37.3 Å². The van der Waals surface area contributed by atoms with Crippen LogP contribution < -0.4 is 10.1 Å². The number of carbonyl (C=O) groups is 2. The summed E-state index contributed by atoms with van der Waals surface area (Å²) in [7, 11) is 1.61. The molecule has 1 aliphatic rings. The fourth-order valence-corrected chi connectivity index (χ4v) is 4.24. The normalized spacial score (nSPS) is 14.2. The second-order valence-corrected chi connectivity index (χ2v) is 8.08. The summed E-state index contributed by atoms with van der Waals surface area (Å²) in [6.07, 6.45) is 5.73. The molecule has 33 heavy (non-hydrogen) atoms. The molecule has 8 heteroatoms. The van der Waals surface area contributed by atoms with E-state index in [1.807, 2.05) is 54.3 Å². The predicted molar refractivity (Wildman–Crippen MR) is 125 cm³/mol. The smallest absolute Gasteiger partial charge is 0.254 e. The largest absolute Gasteiger partial charge is 0.496 e. The van der Waals surface area contributed by atoms with Gasteiger partial charge in [0.2, 0.25) is 5.91 Å². The van der Waals surface area contributed by atoms with Crippen molar-refractivity contribution in [2.45, 2.75) is 38.6 Å². The minimum Gasteiger partial charge on any atom is -0.496 e. The lowest BCUT2D eigenvalue weighted by Crippen LogP contribution is -2.47. The number of aromatic nitrogens is 3. The van der Waals surface area contributed by atoms with Crippen LogP contribution in [-0.2, 0) is 17.6 Å². The summed E-state index contributed by atoms with van der Waals surface area (Å²) in [6, 6.07) is 13.2. The van der Waals surface area contributed by atoms with Gasteiger partial charge < -0.3 is 15.0 Å². The first kappa shape index (κ1) is 22.5. The number of carbonyl (C=O) groups excluding carboxylic acids is 2. The maximum Gasteiger partial charge on any atom is 0.254 e. The molecule has 0 unspecified atom stereocenters. The maximum atomic E-state index is 13.0. The molecule has 1 fully saturated rings. The molecular formula is C25H29N5O3. The summed E-state index contributed by atoms with van der Waals surface area (Å²) in [5.41, 5.74) is 2.28. The van der Waals surface area contributed by atoms with Crippen molar-refractivity contribution in [3.05, 3.63) is 71.7 Å². The number of amides is 2. The van der Waals surface area contributed by atoms with E-state index in [1.54, 1.807) is 24.2 Å². The molecule has 1 aromatic carbocycles. The molecule has 1 N–H and O–H groups in total. The van der Waals surface area contributed by atoms with E-state index in [9.17, 15) is 9.59 Å². The highest BCUT2D eigenvalue weighted by Gasteiger charge is 2.26. The molecule has 0 aliphatic carbocycles. The number of nitrogens with one attached hydrogen (secondary N) is 1. The molecule has 4 rings (SSSR count). The van der Waals surface area contributed by atoms with E-state index >= 15 is 0 Å². The van der Waals surface area contributed by atoms with Gasteiger partial charge in [0.25, 0.3) is 5.91 Å². The van der Waals surface area contributed by atoms with E-state index in [1.165, 1.54) is 0 Å². The third kappa shape index (κ3) is 5.05. The Morgan fingerprint density at radius 3 is 2.58 bits per heavy atom. The summed E-state index contributed by atoms with van der Waals surface area (Å²) >= 11 is 0. The molecule has 2 amide bonds. The van der Waals surface area contributed by atoms with Gasteiger partial charge >= 0.3 is 0 Å². The van der Waals surface area contributed by atoms with Crippen LogP contribution in [0.2, 0.25) is 0 Å². The van der Waals surface area contributed by atoms with Crippen LogP contribution in [0.1, 0.15) is 41.4 Å². The lowest BCUT2D eigenvalue weighted by atomic mass is 10.0. The topological polar surface area (TPSA) is 89.4 Å². The van der Waals surface area contributed by atoms with Crippen molar-refractivity contribution in [2.75, 3.05) is 20.2 Å². The standard InChI is InChI=1S/C25H29N5O3/c1-3-21-20(17-27-30(21)23-10-6-7-13-26-23)25(32)28-19-11-14-29(15-12-19)24(31)16-18-8-4-5-9-22(18)33-2/h4-10,13,17,19H,3,11-12,14-16H2,1-2H3,(H,28,32). The molecule has 3 heterocycles. The molecule has 0 spiro atoms. The van der Waals surface area contributed by atoms with Gasteiger partial charge in [0.15, 0.2) is 5.82 Å². The molecule has 0 bridgehead atoms. The number of rotatable bonds is 7. The highest BCUT2D eigenvalue weighted by Crippen LogP contribution is 2.20. The lowest BCUT2D eigenvalue weighted by molar-refractivity contribution is -0.131. The van der Waals surface area contributed by atoms with Crippen molar-refractivity contribution in [3.8, 4) is 11.6 Å². The molecule has 2 aromatic heterocycles. The Labute approximate surface area is 193 Å². The molecule has 3 aromatic rings. The van der Waals surface area contributed by atoms with Crippen molar-refractivity contribution in [1.29, 1.82) is 0 Å². The first-order chi connectivity index (χ1) is 16.1. The highest BCUT2D eigenvalue weighted by atomic mass is 16.5. The monoisotopic (exact) mass is 447 g/mol. The summed E-state index contributed by atoms with van der Waals surface area (Å²) in [5, 5.41) is 7.52. The highest BCUT2D eigenvalue weighted by molar-refractivity contribution is 5.95. The number of benzene rings is 1. The summed E-state index contributed by atoms with van der Waals surface area (Å²) in [4.78, 5) is 32.0. The Hall–Kier alpha value is -3.68. The first-order valence-electron chi connectivity index (χ1n) is 11.3. The number of hydrogen-bond acceptors (Lipinski definition) is 5. The molecule has 0 radical (unpaired) electrons. The van der Waals surface area contributed by atoms with Crippen LogP contribution >= 0.6 is 0 Å². The molecule has 172 valence electrons. The van der Waals surface area contributed by atoms with Gasteiger partial charge in [0.05, 0.1) is 31.0 Å². The molecular weight excluding hydrogens is 418 g/mol. The number of pyridine rings is 1. The van der Waals surface area contributed by atoms with Gasteiger partial charge in [-0.15, -0.1) is 0 Å². The number of nitrogens with zero attached hydrogens (tertiary/aromatic N) is 4. The van der Waals surface area contributed by atoms with Gasteiger partial charge in [-0.2, -0.15) is 5.10 Å². The van der Waals surface area contributed by atoms with E-state index in [2.05, 4.69) is 15.4 Å². The van der Waals surface area contributed by atoms with Gasteiger partial charge in [-0.1, -0.05) is 31.2 Å². The fraction of sp³-hybridized carbons (Fsp3) is 0.360. The first-order valence-corrected chi connectivity index (χ1v) is 11.3. The van der Waals surface area contributed by atoms with Crippen LogP contribution in [0, 0.1) is 0 Å². The van der Waals surface area contributed by atoms with Crippen LogP contribution in [0.25, 0.3) is 5.82 Å². The lowest BCUT2D eigenvalue weighted by Gasteiger charge is -2.32. The van der Waals surface area contributed by atoms with Crippen molar-refractivity contribution < 1.29 is 14.3 Å². The number of likely N-dealkylation sites (tertiary alicyclic amines) is 1. The zero-order valence-electron chi connectivity index (χ0n) is 19.0. The quantitative estimate of drug-likeness (QED) is 0.602. The minimum atomic E-state index is -0.132. The SMILES string of the molecule is CCc1c(C(=O)NC2CCN(C(=O)Cc3ccccc3OC)CC2)cnn1-c1ccccn1. The second-order valence-electron chi connectivity index (χ2n) is 8.08. The predicted octanol–water partition coefficient (Wildman–Crippen LogP) is 2.80. The number of para-hydroxylation sites is 1. The molecule has 8 nitrogen and oxygen atoms in total. The Bertz CT molecular complexity index is 1100. The Morgan fingerprint density at radius 1 is 1.12 bits per heavy atom. The van der Waals surface area contributed by atoms with E-state index in [-0.39, 0.29) is 17.9 Å². The zero-order valence-corrected chi connectivity index (χ0v) is 19.0. The molecule has 1 aliphatic heterocycles. The third-order valence-corrected chi connectivity index (χ3v) is 6.03. The number of hydrogen-bond donors (Lipinski definition) is 1. The average molecular weight is 448 g/mol. The van der Waals surface area contributed by atoms with Crippen molar-refractivity contribution >= 4 is 11.8 Å². The maximum absolute atomic E-state index is 13.0. The van der Waals surface area contributed by atoms with Crippen LogP contribution in [0.3, 0.4) is 0 Å². The van der Waals surface area contributed by atoms with Crippen molar-refractivity contribution in [2.24, 2.45) is 0 Å². The Kier molecular flexibility index (Phi) is 7.02. The van der Waals surface area contributed by atoms with Crippen LogP contribution in [0.15, 0.2) is 54.9 Å². The average Bonchev–Trinajstić information content (AvgIpc) is 3.30. The summed E-state index contributed by atoms with van der Waals surface area (Å²) < 4.78 is 7.07. The number of ether oxygens (including phenoxy) is 1. The summed E-state index contributed by atoms with van der Waals surface area (Å²) in [6.45, 7) is 3.23. The summed E-state index contributed by atoms with van der Waals surface area (Å²) in [5.74, 6) is 1.36. The minimum absolute atomic E-state index is 0.0238. The Morgan fingerprint density at radius 2 is 1.88 bits per heavy atom. The van der Waals surface area contributed by atoms with E-state index in [4.69, 9.17) is 4.74 Å². The van der Waals surface area contributed by atoms with Crippen molar-refractivity contribution in [1.82, 2.24) is 25.0 Å². The molecule has 1 saturated heterocycles. The van der Waals surface area contributed by atoms with Gasteiger partial charge in [0.1, 0.15) is 5.75 Å².